The zero-order chi connectivity index (χ0) is 22.1. The van der Waals surface area contributed by atoms with Gasteiger partial charge in [0.15, 0.2) is 0 Å². The summed E-state index contributed by atoms with van der Waals surface area (Å²) in [6.07, 6.45) is -4.90. The molecule has 1 fully saturated rings. The molecule has 2 aromatic rings. The van der Waals surface area contributed by atoms with Crippen LogP contribution in [0, 0.1) is 5.82 Å². The molecular formula is C19H15F4N3O4. The summed E-state index contributed by atoms with van der Waals surface area (Å²) >= 11 is 0. The lowest BCUT2D eigenvalue weighted by Crippen LogP contribution is -2.42. The van der Waals surface area contributed by atoms with E-state index in [2.05, 4.69) is 15.4 Å². The van der Waals surface area contributed by atoms with Gasteiger partial charge in [0.1, 0.15) is 23.7 Å². The molecule has 3 rings (SSSR count). The Morgan fingerprint density at radius 1 is 1.17 bits per heavy atom. The lowest BCUT2D eigenvalue weighted by Gasteiger charge is -2.22. The molecule has 0 spiro atoms. The molecule has 0 bridgehead atoms. The van der Waals surface area contributed by atoms with E-state index in [1.165, 1.54) is 31.2 Å². The first-order valence-electron chi connectivity index (χ1n) is 8.54. The molecular weight excluding hydrogens is 410 g/mol. The van der Waals surface area contributed by atoms with Gasteiger partial charge < -0.3 is 15.4 Å². The van der Waals surface area contributed by atoms with E-state index in [1.54, 1.807) is 0 Å². The summed E-state index contributed by atoms with van der Waals surface area (Å²) in [6, 6.07) is 8.64. The fraction of sp³-hybridized carbons (Fsp3) is 0.211. The predicted octanol–water partition coefficient (Wildman–Crippen LogP) is 3.13. The lowest BCUT2D eigenvalue weighted by molar-refractivity contribution is -0.274. The second-order valence-corrected chi connectivity index (χ2v) is 6.58. The molecule has 0 saturated carbocycles. The van der Waals surface area contributed by atoms with E-state index < -0.39 is 47.9 Å². The standard InChI is InChI=1S/C19H15F4N3O4/c1-18(11-5-7-12(20)8-6-11)16(28)26(17(29)25-18)10-15(27)24-13-3-2-4-14(9-13)30-19(21,22)23/h2-9H,10H2,1H3,(H,24,27)(H,25,29). The summed E-state index contributed by atoms with van der Waals surface area (Å²) in [5.74, 6) is -2.61. The van der Waals surface area contributed by atoms with Crippen molar-refractivity contribution in [1.82, 2.24) is 10.2 Å². The number of urea groups is 1. The van der Waals surface area contributed by atoms with Gasteiger partial charge in [0.2, 0.25) is 5.91 Å². The molecule has 0 radical (unpaired) electrons. The van der Waals surface area contributed by atoms with Crippen molar-refractivity contribution in [3.63, 3.8) is 0 Å². The van der Waals surface area contributed by atoms with E-state index in [9.17, 15) is 31.9 Å². The topological polar surface area (TPSA) is 87.7 Å². The minimum Gasteiger partial charge on any atom is -0.406 e. The highest BCUT2D eigenvalue weighted by Gasteiger charge is 2.49. The number of imide groups is 1. The van der Waals surface area contributed by atoms with Crippen molar-refractivity contribution in [2.45, 2.75) is 18.8 Å². The first-order valence-corrected chi connectivity index (χ1v) is 8.54. The minimum absolute atomic E-state index is 0.0184. The van der Waals surface area contributed by atoms with E-state index in [1.807, 2.05) is 0 Å². The Morgan fingerprint density at radius 2 is 1.83 bits per heavy atom. The summed E-state index contributed by atoms with van der Waals surface area (Å²) in [7, 11) is 0. The third-order valence-electron chi connectivity index (χ3n) is 4.35. The number of nitrogens with one attached hydrogen (secondary N) is 2. The molecule has 0 aromatic heterocycles. The average molecular weight is 425 g/mol. The van der Waals surface area contributed by atoms with Crippen molar-refractivity contribution in [2.75, 3.05) is 11.9 Å². The van der Waals surface area contributed by atoms with Crippen LogP contribution in [0.2, 0.25) is 0 Å². The van der Waals surface area contributed by atoms with Crippen molar-refractivity contribution < 1.29 is 36.7 Å². The highest BCUT2D eigenvalue weighted by atomic mass is 19.4. The number of alkyl halides is 3. The van der Waals surface area contributed by atoms with Gasteiger partial charge in [-0.2, -0.15) is 0 Å². The summed E-state index contributed by atoms with van der Waals surface area (Å²) in [4.78, 5) is 37.9. The number of ether oxygens (including phenoxy) is 1. The molecule has 1 saturated heterocycles. The number of rotatable bonds is 5. The van der Waals surface area contributed by atoms with Crippen LogP contribution in [0.3, 0.4) is 0 Å². The quantitative estimate of drug-likeness (QED) is 0.569. The third-order valence-corrected chi connectivity index (χ3v) is 4.35. The Balaban J connectivity index is 1.70. The summed E-state index contributed by atoms with van der Waals surface area (Å²) < 4.78 is 53.8. The van der Waals surface area contributed by atoms with Crippen LogP contribution < -0.4 is 15.4 Å². The highest BCUT2D eigenvalue weighted by Crippen LogP contribution is 2.29. The van der Waals surface area contributed by atoms with Gasteiger partial charge in [-0.05, 0) is 36.8 Å². The van der Waals surface area contributed by atoms with Crippen LogP contribution >= 0.6 is 0 Å². The number of amides is 4. The number of halogens is 4. The van der Waals surface area contributed by atoms with Gasteiger partial charge in [-0.25, -0.2) is 9.18 Å². The van der Waals surface area contributed by atoms with Crippen LogP contribution in [0.15, 0.2) is 48.5 Å². The van der Waals surface area contributed by atoms with Crippen molar-refractivity contribution >= 4 is 23.5 Å². The van der Waals surface area contributed by atoms with Crippen LogP contribution in [0.5, 0.6) is 5.75 Å². The van der Waals surface area contributed by atoms with Gasteiger partial charge in [0.25, 0.3) is 5.91 Å². The Morgan fingerprint density at radius 3 is 2.47 bits per heavy atom. The molecule has 158 valence electrons. The van der Waals surface area contributed by atoms with E-state index in [0.717, 1.165) is 24.3 Å². The number of hydrogen-bond acceptors (Lipinski definition) is 4. The molecule has 2 N–H and O–H groups in total. The molecule has 7 nitrogen and oxygen atoms in total. The van der Waals surface area contributed by atoms with Gasteiger partial charge in [0, 0.05) is 11.8 Å². The molecule has 0 aliphatic carbocycles. The van der Waals surface area contributed by atoms with Gasteiger partial charge in [-0.15, -0.1) is 13.2 Å². The molecule has 1 aliphatic rings. The number of carbonyl (C=O) groups excluding carboxylic acids is 3. The van der Waals surface area contributed by atoms with E-state index >= 15 is 0 Å². The Labute approximate surface area is 167 Å². The van der Waals surface area contributed by atoms with Crippen LogP contribution in [0.4, 0.5) is 28.0 Å². The summed E-state index contributed by atoms with van der Waals surface area (Å²) in [6.45, 7) is 0.738. The minimum atomic E-state index is -4.90. The van der Waals surface area contributed by atoms with Gasteiger partial charge >= 0.3 is 12.4 Å². The lowest BCUT2D eigenvalue weighted by atomic mass is 9.92. The Kier molecular flexibility index (Phi) is 5.38. The summed E-state index contributed by atoms with van der Waals surface area (Å²) in [5, 5.41) is 4.76. The van der Waals surface area contributed by atoms with E-state index in [-0.39, 0.29) is 5.69 Å². The molecule has 30 heavy (non-hydrogen) atoms. The summed E-state index contributed by atoms with van der Waals surface area (Å²) in [5.41, 5.74) is -1.19. The zero-order valence-corrected chi connectivity index (χ0v) is 15.4. The fourth-order valence-electron chi connectivity index (χ4n) is 2.93. The molecule has 1 aliphatic heterocycles. The predicted molar refractivity (Wildman–Crippen MR) is 95.8 cm³/mol. The highest BCUT2D eigenvalue weighted by molar-refractivity contribution is 6.10. The molecule has 1 heterocycles. The van der Waals surface area contributed by atoms with Crippen molar-refractivity contribution in [1.29, 1.82) is 0 Å². The van der Waals surface area contributed by atoms with Crippen LogP contribution in [-0.2, 0) is 15.1 Å². The Hall–Kier alpha value is -3.63. The monoisotopic (exact) mass is 425 g/mol. The number of anilines is 1. The zero-order valence-electron chi connectivity index (χ0n) is 15.4. The van der Waals surface area contributed by atoms with Crippen molar-refractivity contribution in [2.24, 2.45) is 0 Å². The normalized spacial score (nSPS) is 18.9. The smallest absolute Gasteiger partial charge is 0.406 e. The van der Waals surface area contributed by atoms with Crippen molar-refractivity contribution in [3.8, 4) is 5.75 Å². The number of benzene rings is 2. The fourth-order valence-corrected chi connectivity index (χ4v) is 2.93. The molecule has 1 atom stereocenters. The van der Waals surface area contributed by atoms with E-state index in [4.69, 9.17) is 0 Å². The molecule has 2 aromatic carbocycles. The van der Waals surface area contributed by atoms with Gasteiger partial charge in [-0.3, -0.25) is 14.5 Å². The SMILES string of the molecule is CC1(c2ccc(F)cc2)NC(=O)N(CC(=O)Nc2cccc(OC(F)(F)F)c2)C1=O. The largest absolute Gasteiger partial charge is 0.573 e. The number of carbonyl (C=O) groups is 3. The Bertz CT molecular complexity index is 994. The van der Waals surface area contributed by atoms with E-state index in [0.29, 0.717) is 10.5 Å². The van der Waals surface area contributed by atoms with Crippen LogP contribution in [0.25, 0.3) is 0 Å². The average Bonchev–Trinajstić information content (AvgIpc) is 2.85. The second-order valence-electron chi connectivity index (χ2n) is 6.58. The number of nitrogens with zero attached hydrogens (tertiary/aromatic N) is 1. The maximum atomic E-state index is 13.1. The van der Waals surface area contributed by atoms with Gasteiger partial charge in [0.05, 0.1) is 0 Å². The first kappa shape index (κ1) is 21.1. The van der Waals surface area contributed by atoms with Crippen molar-refractivity contribution in [3.05, 3.63) is 59.9 Å². The first-order chi connectivity index (χ1) is 14.0. The maximum Gasteiger partial charge on any atom is 0.573 e. The number of hydrogen-bond donors (Lipinski definition) is 2. The molecule has 4 amide bonds. The van der Waals surface area contributed by atoms with Crippen LogP contribution in [0.1, 0.15) is 12.5 Å². The van der Waals surface area contributed by atoms with Crippen LogP contribution in [-0.4, -0.2) is 35.7 Å². The maximum absolute atomic E-state index is 13.1. The third kappa shape index (κ3) is 4.50. The van der Waals surface area contributed by atoms with Gasteiger partial charge in [-0.1, -0.05) is 18.2 Å². The second kappa shape index (κ2) is 7.65. The molecule has 11 heteroatoms. The molecule has 1 unspecified atom stereocenters.